The summed E-state index contributed by atoms with van der Waals surface area (Å²) in [4.78, 5) is 11.2. The molecular weight excluding hydrogens is 282 g/mol. The number of hydrogen-bond donors (Lipinski definition) is 2. The molecule has 2 rings (SSSR count). The number of benzene rings is 1. The standard InChI is InChI=1S/C15H15N5O2/c1-3-22-15(21)20-18-13-7-10(2)14(19-17-13)12-6-4-5-11(8-12)9-16/h4-8H,3H2,1-2H3,(H,17,18)(H,20,21). The van der Waals surface area contributed by atoms with Crippen LogP contribution in [0.3, 0.4) is 0 Å². The maximum atomic E-state index is 11.2. The van der Waals surface area contributed by atoms with E-state index in [9.17, 15) is 4.79 Å². The first-order valence-electron chi connectivity index (χ1n) is 6.67. The number of nitrogens with one attached hydrogen (secondary N) is 2. The van der Waals surface area contributed by atoms with Gasteiger partial charge >= 0.3 is 6.09 Å². The normalized spacial score (nSPS) is 9.68. The topological polar surface area (TPSA) is 99.9 Å². The number of carbonyl (C=O) groups is 1. The molecule has 2 N–H and O–H groups in total. The third kappa shape index (κ3) is 3.70. The van der Waals surface area contributed by atoms with Gasteiger partial charge < -0.3 is 4.74 Å². The van der Waals surface area contributed by atoms with E-state index >= 15 is 0 Å². The number of ether oxygens (including phenoxy) is 1. The van der Waals surface area contributed by atoms with E-state index in [1.165, 1.54) is 0 Å². The van der Waals surface area contributed by atoms with Crippen molar-refractivity contribution in [2.45, 2.75) is 13.8 Å². The van der Waals surface area contributed by atoms with E-state index in [1.54, 1.807) is 31.2 Å². The molecule has 0 aliphatic carbocycles. The Morgan fingerprint density at radius 1 is 1.36 bits per heavy atom. The summed E-state index contributed by atoms with van der Waals surface area (Å²) >= 11 is 0. The fraction of sp³-hybridized carbons (Fsp3) is 0.200. The number of rotatable bonds is 4. The lowest BCUT2D eigenvalue weighted by atomic mass is 10.1. The summed E-state index contributed by atoms with van der Waals surface area (Å²) in [7, 11) is 0. The lowest BCUT2D eigenvalue weighted by Crippen LogP contribution is -2.30. The van der Waals surface area contributed by atoms with Gasteiger partial charge in [0.2, 0.25) is 0 Å². The second kappa shape index (κ2) is 7.04. The Balaban J connectivity index is 2.16. The number of nitriles is 1. The molecule has 0 spiro atoms. The van der Waals surface area contributed by atoms with Crippen LogP contribution in [0.5, 0.6) is 0 Å². The maximum Gasteiger partial charge on any atom is 0.425 e. The highest BCUT2D eigenvalue weighted by molar-refractivity contribution is 5.69. The second-order valence-electron chi connectivity index (χ2n) is 4.42. The molecule has 1 heterocycles. The molecule has 0 atom stereocenters. The van der Waals surface area contributed by atoms with E-state index in [0.717, 1.165) is 11.1 Å². The summed E-state index contributed by atoms with van der Waals surface area (Å²) in [6.45, 7) is 3.87. The molecule has 0 fully saturated rings. The molecule has 0 bridgehead atoms. The molecule has 112 valence electrons. The summed E-state index contributed by atoms with van der Waals surface area (Å²) in [6, 6.07) is 11.0. The fourth-order valence-corrected chi connectivity index (χ4v) is 1.85. The van der Waals surface area contributed by atoms with Crippen LogP contribution in [0.1, 0.15) is 18.1 Å². The molecule has 0 unspecified atom stereocenters. The highest BCUT2D eigenvalue weighted by atomic mass is 16.5. The Hall–Kier alpha value is -3.14. The number of anilines is 1. The lowest BCUT2D eigenvalue weighted by molar-refractivity contribution is 0.154. The monoisotopic (exact) mass is 297 g/mol. The molecule has 0 aliphatic rings. The van der Waals surface area contributed by atoms with Gasteiger partial charge in [-0.25, -0.2) is 10.2 Å². The minimum atomic E-state index is -0.590. The van der Waals surface area contributed by atoms with Crippen molar-refractivity contribution in [2.75, 3.05) is 12.0 Å². The summed E-state index contributed by atoms with van der Waals surface area (Å²) in [6.07, 6.45) is -0.590. The molecule has 0 saturated carbocycles. The first-order valence-corrected chi connectivity index (χ1v) is 6.67. The Labute approximate surface area is 127 Å². The van der Waals surface area contributed by atoms with Crippen LogP contribution in [0, 0.1) is 18.3 Å². The van der Waals surface area contributed by atoms with Crippen LogP contribution in [0.25, 0.3) is 11.3 Å². The number of amides is 1. The van der Waals surface area contributed by atoms with Crippen molar-refractivity contribution in [3.63, 3.8) is 0 Å². The summed E-state index contributed by atoms with van der Waals surface area (Å²) in [5.74, 6) is 0.394. The Bertz CT molecular complexity index is 724. The van der Waals surface area contributed by atoms with Crippen molar-refractivity contribution in [1.82, 2.24) is 15.6 Å². The predicted molar refractivity (Wildman–Crippen MR) is 80.7 cm³/mol. The van der Waals surface area contributed by atoms with Gasteiger partial charge in [-0.05, 0) is 37.6 Å². The molecule has 7 heteroatoms. The van der Waals surface area contributed by atoms with E-state index in [0.29, 0.717) is 17.1 Å². The van der Waals surface area contributed by atoms with E-state index in [1.807, 2.05) is 13.0 Å². The van der Waals surface area contributed by atoms with Crippen molar-refractivity contribution >= 4 is 11.9 Å². The van der Waals surface area contributed by atoms with E-state index in [4.69, 9.17) is 10.00 Å². The minimum Gasteiger partial charge on any atom is -0.449 e. The quantitative estimate of drug-likeness (QED) is 0.840. The highest BCUT2D eigenvalue weighted by Crippen LogP contribution is 2.22. The molecule has 7 nitrogen and oxygen atoms in total. The number of aryl methyl sites for hydroxylation is 1. The zero-order chi connectivity index (χ0) is 15.9. The number of nitrogens with zero attached hydrogens (tertiary/aromatic N) is 3. The van der Waals surface area contributed by atoms with Crippen LogP contribution < -0.4 is 10.9 Å². The smallest absolute Gasteiger partial charge is 0.425 e. The van der Waals surface area contributed by atoms with Crippen LogP contribution in [-0.4, -0.2) is 22.9 Å². The van der Waals surface area contributed by atoms with E-state index in [2.05, 4.69) is 27.1 Å². The second-order valence-corrected chi connectivity index (χ2v) is 4.42. The number of aromatic nitrogens is 2. The van der Waals surface area contributed by atoms with Crippen molar-refractivity contribution in [2.24, 2.45) is 0 Å². The largest absolute Gasteiger partial charge is 0.449 e. The highest BCUT2D eigenvalue weighted by Gasteiger charge is 2.08. The number of hydrazine groups is 1. The molecule has 1 aromatic carbocycles. The molecule has 1 aromatic heterocycles. The van der Waals surface area contributed by atoms with Crippen LogP contribution in [0.15, 0.2) is 30.3 Å². The van der Waals surface area contributed by atoms with Gasteiger partial charge in [-0.2, -0.15) is 5.26 Å². The molecule has 0 aliphatic heterocycles. The van der Waals surface area contributed by atoms with Crippen molar-refractivity contribution in [3.8, 4) is 17.3 Å². The molecule has 2 aromatic rings. The van der Waals surface area contributed by atoms with E-state index in [-0.39, 0.29) is 6.61 Å². The van der Waals surface area contributed by atoms with Gasteiger partial charge in [0, 0.05) is 5.56 Å². The molecule has 0 saturated heterocycles. The molecule has 22 heavy (non-hydrogen) atoms. The third-order valence-corrected chi connectivity index (χ3v) is 2.82. The summed E-state index contributed by atoms with van der Waals surface area (Å²) < 4.78 is 4.72. The average Bonchev–Trinajstić information content (AvgIpc) is 2.53. The summed E-state index contributed by atoms with van der Waals surface area (Å²) in [5.41, 5.74) is 7.88. The molecule has 1 amide bonds. The molecule has 0 radical (unpaired) electrons. The number of hydrogen-bond acceptors (Lipinski definition) is 6. The fourth-order valence-electron chi connectivity index (χ4n) is 1.85. The average molecular weight is 297 g/mol. The first-order chi connectivity index (χ1) is 10.6. The van der Waals surface area contributed by atoms with Crippen LogP contribution in [-0.2, 0) is 4.74 Å². The van der Waals surface area contributed by atoms with Crippen LogP contribution in [0.2, 0.25) is 0 Å². The van der Waals surface area contributed by atoms with Gasteiger partial charge in [-0.15, -0.1) is 10.2 Å². The van der Waals surface area contributed by atoms with Gasteiger partial charge in [-0.3, -0.25) is 5.43 Å². The molecular formula is C15H15N5O2. The zero-order valence-corrected chi connectivity index (χ0v) is 12.3. The Morgan fingerprint density at radius 2 is 2.18 bits per heavy atom. The van der Waals surface area contributed by atoms with Gasteiger partial charge in [0.05, 0.1) is 23.9 Å². The van der Waals surface area contributed by atoms with Gasteiger partial charge in [0.25, 0.3) is 0 Å². The first kappa shape index (κ1) is 15.3. The Kier molecular flexibility index (Phi) is 4.88. The van der Waals surface area contributed by atoms with Crippen molar-refractivity contribution < 1.29 is 9.53 Å². The van der Waals surface area contributed by atoms with Gasteiger partial charge in [-0.1, -0.05) is 12.1 Å². The zero-order valence-electron chi connectivity index (χ0n) is 12.3. The Morgan fingerprint density at radius 3 is 2.86 bits per heavy atom. The van der Waals surface area contributed by atoms with Crippen LogP contribution >= 0.6 is 0 Å². The maximum absolute atomic E-state index is 11.2. The third-order valence-electron chi connectivity index (χ3n) is 2.82. The summed E-state index contributed by atoms with van der Waals surface area (Å²) in [5, 5.41) is 17.1. The van der Waals surface area contributed by atoms with Crippen molar-refractivity contribution in [3.05, 3.63) is 41.5 Å². The number of carbonyl (C=O) groups excluding carboxylic acids is 1. The van der Waals surface area contributed by atoms with Gasteiger partial charge in [0.1, 0.15) is 0 Å². The van der Waals surface area contributed by atoms with E-state index < -0.39 is 6.09 Å². The van der Waals surface area contributed by atoms with Crippen LogP contribution in [0.4, 0.5) is 10.6 Å². The van der Waals surface area contributed by atoms with Crippen molar-refractivity contribution in [1.29, 1.82) is 5.26 Å². The SMILES string of the molecule is CCOC(=O)NNc1cc(C)c(-c2cccc(C#N)c2)nn1. The lowest BCUT2D eigenvalue weighted by Gasteiger charge is -2.09. The predicted octanol–water partition coefficient (Wildman–Crippen LogP) is 2.40. The minimum absolute atomic E-state index is 0.284. The van der Waals surface area contributed by atoms with Gasteiger partial charge in [0.15, 0.2) is 5.82 Å².